The van der Waals surface area contributed by atoms with Gasteiger partial charge < -0.3 is 15.2 Å². The summed E-state index contributed by atoms with van der Waals surface area (Å²) in [6.45, 7) is 4.63. The average Bonchev–Trinajstić information content (AvgIpc) is 3.44. The van der Waals surface area contributed by atoms with Gasteiger partial charge in [0.05, 0.1) is 6.04 Å². The number of fused-ring (bicyclic) bond motifs is 1. The molecule has 3 aromatic rings. The fourth-order valence-corrected chi connectivity index (χ4v) is 3.20. The zero-order valence-corrected chi connectivity index (χ0v) is 16.1. The molecule has 0 amide bonds. The lowest BCUT2D eigenvalue weighted by atomic mass is 10.00. The number of benzene rings is 2. The molecule has 0 bridgehead atoms. The van der Waals surface area contributed by atoms with Crippen LogP contribution >= 0.6 is 0 Å². The van der Waals surface area contributed by atoms with Crippen LogP contribution < -0.4 is 10.6 Å². The summed E-state index contributed by atoms with van der Waals surface area (Å²) in [4.78, 5) is 4.76. The topological polar surface area (TPSA) is 67.1 Å². The van der Waals surface area contributed by atoms with Gasteiger partial charge in [-0.1, -0.05) is 42.5 Å². The van der Waals surface area contributed by atoms with Crippen molar-refractivity contribution in [1.82, 2.24) is 25.4 Å². The van der Waals surface area contributed by atoms with E-state index in [2.05, 4.69) is 70.2 Å². The second kappa shape index (κ2) is 7.39. The Balaban J connectivity index is 1.55. The Hall–Kier alpha value is -2.89. The van der Waals surface area contributed by atoms with Gasteiger partial charge >= 0.3 is 0 Å². The van der Waals surface area contributed by atoms with E-state index in [1.807, 2.05) is 18.5 Å². The number of aryl methyl sites for hydroxylation is 1. The molecule has 1 aromatic heterocycles. The fourth-order valence-electron chi connectivity index (χ4n) is 3.20. The van der Waals surface area contributed by atoms with Gasteiger partial charge in [-0.2, -0.15) is 0 Å². The summed E-state index contributed by atoms with van der Waals surface area (Å²) in [6, 6.07) is 15.6. The van der Waals surface area contributed by atoms with E-state index in [9.17, 15) is 0 Å². The standard InChI is InChI=1S/C21H26N6/c1-14(18-10-6-8-16-7-4-5-9-19(16)18)23-21(24-17-11-12-17)22-13-20-26-25-15(2)27(20)3/h4-10,14,17H,11-13H2,1-3H3,(H2,22,23,24). The molecule has 1 aliphatic rings. The maximum absolute atomic E-state index is 4.76. The summed E-state index contributed by atoms with van der Waals surface area (Å²) >= 11 is 0. The molecule has 1 saturated carbocycles. The van der Waals surface area contributed by atoms with E-state index in [4.69, 9.17) is 4.99 Å². The first kappa shape index (κ1) is 17.5. The van der Waals surface area contributed by atoms with Crippen LogP contribution in [0.5, 0.6) is 0 Å². The van der Waals surface area contributed by atoms with Crippen molar-refractivity contribution in [2.75, 3.05) is 0 Å². The number of rotatable bonds is 5. The quantitative estimate of drug-likeness (QED) is 0.540. The molecule has 0 aliphatic heterocycles. The molecule has 0 saturated heterocycles. The summed E-state index contributed by atoms with van der Waals surface area (Å²) in [5.41, 5.74) is 1.27. The van der Waals surface area contributed by atoms with Gasteiger partial charge in [0.15, 0.2) is 11.8 Å². The van der Waals surface area contributed by atoms with Crippen molar-refractivity contribution in [3.8, 4) is 0 Å². The van der Waals surface area contributed by atoms with Crippen molar-refractivity contribution in [1.29, 1.82) is 0 Å². The van der Waals surface area contributed by atoms with Crippen LogP contribution in [0.2, 0.25) is 0 Å². The molecule has 1 fully saturated rings. The Morgan fingerprint density at radius 2 is 1.96 bits per heavy atom. The third kappa shape index (κ3) is 3.94. The van der Waals surface area contributed by atoms with Crippen molar-refractivity contribution in [2.24, 2.45) is 12.0 Å². The van der Waals surface area contributed by atoms with E-state index < -0.39 is 0 Å². The highest BCUT2D eigenvalue weighted by molar-refractivity contribution is 5.87. The van der Waals surface area contributed by atoms with E-state index in [0.717, 1.165) is 17.6 Å². The van der Waals surface area contributed by atoms with Gasteiger partial charge in [-0.3, -0.25) is 0 Å². The minimum atomic E-state index is 0.141. The largest absolute Gasteiger partial charge is 0.354 e. The second-order valence-electron chi connectivity index (χ2n) is 7.24. The summed E-state index contributed by atoms with van der Waals surface area (Å²) in [5.74, 6) is 2.59. The van der Waals surface area contributed by atoms with Crippen LogP contribution in [0.4, 0.5) is 0 Å². The molecule has 2 N–H and O–H groups in total. The van der Waals surface area contributed by atoms with Gasteiger partial charge in [-0.15, -0.1) is 10.2 Å². The van der Waals surface area contributed by atoms with E-state index >= 15 is 0 Å². The third-order valence-electron chi connectivity index (χ3n) is 5.12. The molecule has 1 atom stereocenters. The predicted molar refractivity (Wildman–Crippen MR) is 109 cm³/mol. The van der Waals surface area contributed by atoms with Gasteiger partial charge in [0.1, 0.15) is 12.4 Å². The van der Waals surface area contributed by atoms with E-state index in [-0.39, 0.29) is 6.04 Å². The number of hydrogen-bond acceptors (Lipinski definition) is 3. The maximum atomic E-state index is 4.76. The monoisotopic (exact) mass is 362 g/mol. The summed E-state index contributed by atoms with van der Waals surface area (Å²) < 4.78 is 1.98. The van der Waals surface area contributed by atoms with Crippen LogP contribution in [0.25, 0.3) is 10.8 Å². The van der Waals surface area contributed by atoms with Gasteiger partial charge in [0.2, 0.25) is 0 Å². The highest BCUT2D eigenvalue weighted by Crippen LogP contribution is 2.24. The predicted octanol–water partition coefficient (Wildman–Crippen LogP) is 3.24. The Bertz CT molecular complexity index is 964. The van der Waals surface area contributed by atoms with Crippen LogP contribution in [0.3, 0.4) is 0 Å². The number of nitrogens with one attached hydrogen (secondary N) is 2. The fraction of sp³-hybridized carbons (Fsp3) is 0.381. The number of guanidine groups is 1. The lowest BCUT2D eigenvalue weighted by Crippen LogP contribution is -2.40. The van der Waals surface area contributed by atoms with E-state index in [0.29, 0.717) is 12.6 Å². The number of aromatic nitrogens is 3. The highest BCUT2D eigenvalue weighted by Gasteiger charge is 2.23. The summed E-state index contributed by atoms with van der Waals surface area (Å²) in [6.07, 6.45) is 2.40. The van der Waals surface area contributed by atoms with E-state index in [1.165, 1.54) is 29.2 Å². The zero-order chi connectivity index (χ0) is 18.8. The summed E-state index contributed by atoms with van der Waals surface area (Å²) in [5, 5.41) is 17.9. The molecule has 1 heterocycles. The third-order valence-corrected chi connectivity index (χ3v) is 5.12. The number of aliphatic imine (C=N–C) groups is 1. The minimum Gasteiger partial charge on any atom is -0.354 e. The van der Waals surface area contributed by atoms with Crippen LogP contribution in [0.1, 0.15) is 43.0 Å². The first-order chi connectivity index (χ1) is 13.1. The van der Waals surface area contributed by atoms with Gasteiger partial charge in [0.25, 0.3) is 0 Å². The van der Waals surface area contributed by atoms with Crippen molar-refractivity contribution in [3.05, 3.63) is 59.7 Å². The van der Waals surface area contributed by atoms with Gasteiger partial charge in [0, 0.05) is 13.1 Å². The van der Waals surface area contributed by atoms with Crippen LogP contribution in [-0.4, -0.2) is 26.8 Å². The first-order valence-corrected chi connectivity index (χ1v) is 9.52. The molecule has 1 aliphatic carbocycles. The molecule has 0 spiro atoms. The van der Waals surface area contributed by atoms with Crippen LogP contribution in [0, 0.1) is 6.92 Å². The normalized spacial score (nSPS) is 15.7. The minimum absolute atomic E-state index is 0.141. The van der Waals surface area contributed by atoms with Crippen molar-refractivity contribution in [2.45, 2.75) is 45.3 Å². The van der Waals surface area contributed by atoms with E-state index in [1.54, 1.807) is 0 Å². The number of hydrogen-bond donors (Lipinski definition) is 2. The van der Waals surface area contributed by atoms with Gasteiger partial charge in [-0.05, 0) is 43.0 Å². The molecule has 27 heavy (non-hydrogen) atoms. The molecule has 2 aromatic carbocycles. The Morgan fingerprint density at radius 1 is 1.19 bits per heavy atom. The Kier molecular flexibility index (Phi) is 4.79. The molecule has 6 nitrogen and oxygen atoms in total. The average molecular weight is 362 g/mol. The molecule has 1 unspecified atom stereocenters. The maximum Gasteiger partial charge on any atom is 0.192 e. The lowest BCUT2D eigenvalue weighted by Gasteiger charge is -2.20. The Labute approximate surface area is 159 Å². The smallest absolute Gasteiger partial charge is 0.192 e. The molecular weight excluding hydrogens is 336 g/mol. The van der Waals surface area contributed by atoms with Crippen molar-refractivity contribution >= 4 is 16.7 Å². The molecule has 0 radical (unpaired) electrons. The van der Waals surface area contributed by atoms with Crippen molar-refractivity contribution in [3.63, 3.8) is 0 Å². The number of nitrogens with zero attached hydrogens (tertiary/aromatic N) is 4. The molecule has 4 rings (SSSR count). The Morgan fingerprint density at radius 3 is 2.70 bits per heavy atom. The second-order valence-corrected chi connectivity index (χ2v) is 7.24. The lowest BCUT2D eigenvalue weighted by molar-refractivity contribution is 0.679. The van der Waals surface area contributed by atoms with Crippen LogP contribution in [-0.2, 0) is 13.6 Å². The van der Waals surface area contributed by atoms with Crippen LogP contribution in [0.15, 0.2) is 47.5 Å². The van der Waals surface area contributed by atoms with Crippen molar-refractivity contribution < 1.29 is 0 Å². The summed E-state index contributed by atoms with van der Waals surface area (Å²) in [7, 11) is 1.97. The SMILES string of the molecule is Cc1nnc(CN=C(NC2CC2)NC(C)c2cccc3ccccc23)n1C. The molecule has 6 heteroatoms. The zero-order valence-electron chi connectivity index (χ0n) is 16.1. The van der Waals surface area contributed by atoms with Gasteiger partial charge in [-0.25, -0.2) is 4.99 Å². The molecule has 140 valence electrons. The highest BCUT2D eigenvalue weighted by atomic mass is 15.3. The first-order valence-electron chi connectivity index (χ1n) is 9.52. The molecular formula is C21H26N6.